The molecule has 0 saturated carbocycles. The number of allylic oxidation sites excluding steroid dienone is 6. The van der Waals surface area contributed by atoms with E-state index in [0.717, 1.165) is 36.8 Å². The van der Waals surface area contributed by atoms with Gasteiger partial charge in [-0.1, -0.05) is 101 Å². The van der Waals surface area contributed by atoms with E-state index in [2.05, 4.69) is 60.3 Å². The van der Waals surface area contributed by atoms with Crippen molar-refractivity contribution in [3.05, 3.63) is 70.9 Å². The smallest absolute Gasteiger partial charge is 0.246 e. The lowest BCUT2D eigenvalue weighted by Gasteiger charge is -2.16. The maximum atomic E-state index is 12.3. The molecule has 0 aromatic carbocycles. The summed E-state index contributed by atoms with van der Waals surface area (Å²) < 4.78 is 5.53. The topological polar surface area (TPSA) is 108 Å². The van der Waals surface area contributed by atoms with Gasteiger partial charge in [0.1, 0.15) is 0 Å². The van der Waals surface area contributed by atoms with Gasteiger partial charge in [0.2, 0.25) is 11.8 Å². The molecule has 2 amide bonds. The second-order valence-corrected chi connectivity index (χ2v) is 12.4. The number of aliphatic hydroxyl groups excluding tert-OH is 2. The van der Waals surface area contributed by atoms with Crippen molar-refractivity contribution >= 4 is 11.8 Å². The highest BCUT2D eigenvalue weighted by Gasteiger charge is 2.13. The van der Waals surface area contributed by atoms with Crippen LogP contribution in [-0.2, 0) is 14.3 Å². The minimum Gasteiger partial charge on any atom is -0.388 e. The fourth-order valence-corrected chi connectivity index (χ4v) is 4.45. The monoisotopic (exact) mass is 676 g/mol. The third-order valence-electron chi connectivity index (χ3n) is 7.83. The first-order chi connectivity index (χ1) is 23.5. The number of nitrogens with one attached hydrogen (secondary N) is 2. The first kappa shape index (κ1) is 45.4. The summed E-state index contributed by atoms with van der Waals surface area (Å²) in [5, 5.41) is 26.4. The van der Waals surface area contributed by atoms with Crippen LogP contribution >= 0.6 is 0 Å². The molecule has 0 rings (SSSR count). The van der Waals surface area contributed by atoms with Crippen molar-refractivity contribution in [3.8, 4) is 23.7 Å². The Kier molecular flexibility index (Phi) is 27.1. The predicted molar refractivity (Wildman–Crippen MR) is 204 cm³/mol. The molecule has 0 unspecified atom stereocenters. The third kappa shape index (κ3) is 23.4. The van der Waals surface area contributed by atoms with Crippen LogP contribution in [0.15, 0.2) is 70.9 Å². The summed E-state index contributed by atoms with van der Waals surface area (Å²) in [4.78, 5) is 24.6. The first-order valence-electron chi connectivity index (χ1n) is 17.9. The molecule has 49 heavy (non-hydrogen) atoms. The van der Waals surface area contributed by atoms with Crippen molar-refractivity contribution < 1.29 is 24.5 Å². The lowest BCUT2D eigenvalue weighted by molar-refractivity contribution is -0.118. The van der Waals surface area contributed by atoms with E-state index in [9.17, 15) is 19.8 Å². The standard InChI is InChI=1S/C42H64N2O5/c1-9-11-23-33(3)39(45)35(5)25-19-15-13-17-21-27-37(7)41(47)43-29-31-49-32-30-44-42(48)38(8)28-22-18-14-16-20-26-36(6)40(46)34(4)24-12-10-2/h19-20,23-28,35-36,39-40,45-46H,9-12,17-18,21-22,29-32H2,1-8H3,(H,43,47)(H,44,48)/b25-19+,26-20+,33-23+,34-24+,37-27+,38-28+/t35-,36-,39-,40+/m1/s1. The van der Waals surface area contributed by atoms with E-state index < -0.39 is 12.2 Å². The molecule has 0 aromatic rings. The number of carbonyl (C=O) groups excluding carboxylic acids is 2. The molecule has 272 valence electrons. The van der Waals surface area contributed by atoms with Crippen LogP contribution in [0.3, 0.4) is 0 Å². The summed E-state index contributed by atoms with van der Waals surface area (Å²) in [6.07, 6.45) is 21.1. The van der Waals surface area contributed by atoms with Gasteiger partial charge in [0.05, 0.1) is 25.4 Å². The van der Waals surface area contributed by atoms with Crippen LogP contribution in [0.4, 0.5) is 0 Å². The zero-order chi connectivity index (χ0) is 36.9. The van der Waals surface area contributed by atoms with E-state index in [0.29, 0.717) is 63.1 Å². The molecule has 4 atom stereocenters. The number of unbranched alkanes of at least 4 members (excludes halogenated alkanes) is 4. The molecule has 0 fully saturated rings. The Morgan fingerprint density at radius 1 is 0.653 bits per heavy atom. The summed E-state index contributed by atoms with van der Waals surface area (Å²) >= 11 is 0. The van der Waals surface area contributed by atoms with E-state index in [4.69, 9.17) is 4.74 Å². The van der Waals surface area contributed by atoms with Crippen LogP contribution < -0.4 is 10.6 Å². The summed E-state index contributed by atoms with van der Waals surface area (Å²) in [7, 11) is 0. The third-order valence-corrected chi connectivity index (χ3v) is 7.83. The van der Waals surface area contributed by atoms with E-state index in [-0.39, 0.29) is 23.7 Å². The summed E-state index contributed by atoms with van der Waals surface area (Å²) in [5.41, 5.74) is 3.26. The molecular formula is C42H64N2O5. The summed E-state index contributed by atoms with van der Waals surface area (Å²) in [5.74, 6) is 11.9. The quantitative estimate of drug-likeness (QED) is 0.0417. The van der Waals surface area contributed by atoms with Crippen LogP contribution in [-0.4, -0.2) is 60.5 Å². The van der Waals surface area contributed by atoms with Gasteiger partial charge in [0.25, 0.3) is 0 Å². The van der Waals surface area contributed by atoms with E-state index in [1.165, 1.54) is 0 Å². The molecule has 0 spiro atoms. The molecule has 0 bridgehead atoms. The van der Waals surface area contributed by atoms with Gasteiger partial charge >= 0.3 is 0 Å². The van der Waals surface area contributed by atoms with Gasteiger partial charge in [-0.2, -0.15) is 0 Å². The highest BCUT2D eigenvalue weighted by molar-refractivity contribution is 5.93. The number of rotatable bonds is 22. The Morgan fingerprint density at radius 2 is 1.04 bits per heavy atom. The van der Waals surface area contributed by atoms with Gasteiger partial charge in [-0.25, -0.2) is 0 Å². The average molecular weight is 677 g/mol. The molecular weight excluding hydrogens is 612 g/mol. The molecule has 7 heteroatoms. The van der Waals surface area contributed by atoms with Crippen molar-refractivity contribution in [2.45, 2.75) is 119 Å². The first-order valence-corrected chi connectivity index (χ1v) is 17.9. The number of carbonyl (C=O) groups is 2. The minimum absolute atomic E-state index is 0.00233. The molecule has 0 aliphatic carbocycles. The van der Waals surface area contributed by atoms with Crippen LogP contribution in [0.1, 0.15) is 107 Å². The zero-order valence-corrected chi connectivity index (χ0v) is 31.5. The highest BCUT2D eigenvalue weighted by atomic mass is 16.5. The largest absolute Gasteiger partial charge is 0.388 e. The number of ether oxygens (including phenoxy) is 1. The average Bonchev–Trinajstić information content (AvgIpc) is 3.09. The maximum Gasteiger partial charge on any atom is 0.246 e. The molecule has 0 radical (unpaired) electrons. The SMILES string of the molecule is CCC/C=C(\C)[C@@H](O)[C@H](C)/C=C/C#CCC/C=C(\C)C(=O)NCCOCCNC(=O)/C(C)=C/CCC#C/C=C/[C@@H](C)[C@@H](O)/C(C)=C/CCC. The van der Waals surface area contributed by atoms with Crippen molar-refractivity contribution in [2.24, 2.45) is 11.8 Å². The zero-order valence-electron chi connectivity index (χ0n) is 31.5. The van der Waals surface area contributed by atoms with Gasteiger partial charge in [0, 0.05) is 48.9 Å². The van der Waals surface area contributed by atoms with E-state index >= 15 is 0 Å². The fourth-order valence-electron chi connectivity index (χ4n) is 4.45. The Labute approximate surface area is 298 Å². The minimum atomic E-state index is -0.493. The molecule has 7 nitrogen and oxygen atoms in total. The van der Waals surface area contributed by atoms with Gasteiger partial charge in [-0.15, -0.1) is 0 Å². The Balaban J connectivity index is 4.17. The second-order valence-electron chi connectivity index (χ2n) is 12.4. The van der Waals surface area contributed by atoms with Crippen molar-refractivity contribution in [1.29, 1.82) is 0 Å². The highest BCUT2D eigenvalue weighted by Crippen LogP contribution is 2.15. The Morgan fingerprint density at radius 3 is 1.41 bits per heavy atom. The number of aliphatic hydroxyl groups is 2. The number of hydrogen-bond donors (Lipinski definition) is 4. The Hall–Kier alpha value is -3.62. The fraction of sp³-hybridized carbons (Fsp3) is 0.571. The second kappa shape index (κ2) is 29.3. The molecule has 0 aliphatic rings. The normalized spacial score (nSPS) is 15.2. The summed E-state index contributed by atoms with van der Waals surface area (Å²) in [6, 6.07) is 0. The molecule has 0 aromatic heterocycles. The lowest BCUT2D eigenvalue weighted by Crippen LogP contribution is -2.30. The van der Waals surface area contributed by atoms with E-state index in [1.54, 1.807) is 26.0 Å². The number of amides is 2. The van der Waals surface area contributed by atoms with Crippen molar-refractivity contribution in [2.75, 3.05) is 26.3 Å². The molecule has 4 N–H and O–H groups in total. The van der Waals surface area contributed by atoms with Gasteiger partial charge < -0.3 is 25.6 Å². The maximum absolute atomic E-state index is 12.3. The van der Waals surface area contributed by atoms with Crippen LogP contribution in [0.5, 0.6) is 0 Å². The van der Waals surface area contributed by atoms with Crippen LogP contribution in [0.25, 0.3) is 0 Å². The van der Waals surface area contributed by atoms with E-state index in [1.807, 2.05) is 52.0 Å². The lowest BCUT2D eigenvalue weighted by atomic mass is 9.97. The Bertz CT molecular complexity index is 1180. The van der Waals surface area contributed by atoms with Gasteiger partial charge in [-0.05, 0) is 76.7 Å². The predicted octanol–water partition coefficient (Wildman–Crippen LogP) is 7.29. The molecule has 0 aliphatic heterocycles. The molecule has 0 heterocycles. The van der Waals surface area contributed by atoms with Gasteiger partial charge in [0.15, 0.2) is 0 Å². The molecule has 0 saturated heterocycles. The summed E-state index contributed by atoms with van der Waals surface area (Å²) in [6.45, 7) is 17.1. The van der Waals surface area contributed by atoms with Gasteiger partial charge in [-0.3, -0.25) is 9.59 Å². The van der Waals surface area contributed by atoms with Crippen LogP contribution in [0.2, 0.25) is 0 Å². The van der Waals surface area contributed by atoms with Crippen LogP contribution in [0, 0.1) is 35.5 Å². The number of hydrogen-bond acceptors (Lipinski definition) is 5. The van der Waals surface area contributed by atoms with Crippen molar-refractivity contribution in [3.63, 3.8) is 0 Å². The van der Waals surface area contributed by atoms with Crippen molar-refractivity contribution in [1.82, 2.24) is 10.6 Å².